The molecule has 0 saturated carbocycles. The van der Waals surface area contributed by atoms with Gasteiger partial charge < -0.3 is 9.47 Å². The molecule has 0 bridgehead atoms. The highest BCUT2D eigenvalue weighted by Crippen LogP contribution is 2.42. The molecule has 52 heavy (non-hydrogen) atoms. The summed E-state index contributed by atoms with van der Waals surface area (Å²) in [5.74, 6) is -0.231. The van der Waals surface area contributed by atoms with Gasteiger partial charge in [-0.05, 0) is 101 Å². The Bertz CT molecular complexity index is 2890. The maximum Gasteiger partial charge on any atom is 0.123 e. The number of thiophene rings is 1. The van der Waals surface area contributed by atoms with Gasteiger partial charge in [0.1, 0.15) is 5.82 Å². The highest BCUT2D eigenvalue weighted by Gasteiger charge is 2.17. The van der Waals surface area contributed by atoms with Crippen LogP contribution in [0.1, 0.15) is 0 Å². The predicted octanol–water partition coefficient (Wildman–Crippen LogP) is 14.1. The van der Waals surface area contributed by atoms with Crippen molar-refractivity contribution in [3.8, 4) is 27.9 Å². The van der Waals surface area contributed by atoms with Crippen LogP contribution in [0.25, 0.3) is 69.9 Å². The van der Waals surface area contributed by atoms with Crippen molar-refractivity contribution >= 4 is 70.4 Å². The van der Waals surface area contributed by atoms with E-state index in [1.165, 1.54) is 59.7 Å². The first-order valence-corrected chi connectivity index (χ1v) is 18.3. The van der Waals surface area contributed by atoms with Crippen LogP contribution in [0, 0.1) is 5.82 Å². The van der Waals surface area contributed by atoms with Gasteiger partial charge in [0, 0.05) is 53.7 Å². The summed E-state index contributed by atoms with van der Waals surface area (Å²) in [5.41, 5.74) is 11.1. The molecule has 2 heterocycles. The van der Waals surface area contributed by atoms with Gasteiger partial charge >= 0.3 is 0 Å². The van der Waals surface area contributed by atoms with Gasteiger partial charge in [-0.2, -0.15) is 0 Å². The molecule has 0 fully saturated rings. The summed E-state index contributed by atoms with van der Waals surface area (Å²) in [4.78, 5) is 2.32. The Kier molecular flexibility index (Phi) is 7.22. The van der Waals surface area contributed by atoms with E-state index in [-0.39, 0.29) is 5.82 Å². The van der Waals surface area contributed by atoms with E-state index in [0.717, 1.165) is 39.4 Å². The van der Waals surface area contributed by atoms with Crippen molar-refractivity contribution < 1.29 is 4.39 Å². The Balaban J connectivity index is 1.07. The van der Waals surface area contributed by atoms with Crippen LogP contribution in [0.15, 0.2) is 188 Å². The summed E-state index contributed by atoms with van der Waals surface area (Å²) in [6, 6.07) is 65.5. The second-order valence-corrected chi connectivity index (χ2v) is 14.2. The van der Waals surface area contributed by atoms with Gasteiger partial charge in [-0.15, -0.1) is 11.3 Å². The lowest BCUT2D eigenvalue weighted by atomic mass is 10.0. The molecule has 0 atom stereocenters. The van der Waals surface area contributed by atoms with Crippen molar-refractivity contribution in [2.45, 2.75) is 0 Å². The van der Waals surface area contributed by atoms with Crippen LogP contribution in [-0.2, 0) is 0 Å². The third-order valence-corrected chi connectivity index (χ3v) is 11.2. The number of fused-ring (bicyclic) bond motifs is 6. The van der Waals surface area contributed by atoms with Crippen molar-refractivity contribution in [2.24, 2.45) is 0 Å². The zero-order valence-corrected chi connectivity index (χ0v) is 28.9. The lowest BCUT2D eigenvalue weighted by Crippen LogP contribution is -2.09. The van der Waals surface area contributed by atoms with Crippen molar-refractivity contribution in [2.75, 3.05) is 4.90 Å². The number of nitrogens with zero attached hydrogens (tertiary/aromatic N) is 2. The number of para-hydroxylation sites is 2. The Morgan fingerprint density at radius 1 is 0.385 bits per heavy atom. The molecule has 0 radical (unpaired) electrons. The van der Waals surface area contributed by atoms with Crippen LogP contribution in [0.5, 0.6) is 0 Å². The van der Waals surface area contributed by atoms with Gasteiger partial charge in [-0.3, -0.25) is 0 Å². The third-order valence-electron chi connectivity index (χ3n) is 10.1. The SMILES string of the molecule is Fc1ccc(-c2ccc(N(c3ccc(-c4ccc5c6ccccc6n(-c6ccccc6)c5c4)cc3)c3ccc4c(c3)sc3ccccc34)cc2)cc1. The molecule has 10 aromatic rings. The lowest BCUT2D eigenvalue weighted by Gasteiger charge is -2.26. The molecule has 0 amide bonds. The van der Waals surface area contributed by atoms with E-state index >= 15 is 0 Å². The normalized spacial score (nSPS) is 11.6. The largest absolute Gasteiger partial charge is 0.310 e. The molecule has 8 aromatic carbocycles. The second-order valence-electron chi connectivity index (χ2n) is 13.1. The van der Waals surface area contributed by atoms with Crippen molar-refractivity contribution in [3.05, 3.63) is 194 Å². The summed E-state index contributed by atoms with van der Waals surface area (Å²) in [6.07, 6.45) is 0. The third kappa shape index (κ3) is 5.15. The monoisotopic (exact) mass is 686 g/mol. The summed E-state index contributed by atoms with van der Waals surface area (Å²) in [5, 5.41) is 5.05. The number of halogens is 1. The zero-order chi connectivity index (χ0) is 34.6. The highest BCUT2D eigenvalue weighted by atomic mass is 32.1. The van der Waals surface area contributed by atoms with Crippen LogP contribution in [-0.4, -0.2) is 4.57 Å². The number of benzene rings is 8. The minimum atomic E-state index is -0.231. The lowest BCUT2D eigenvalue weighted by molar-refractivity contribution is 0.628. The van der Waals surface area contributed by atoms with Gasteiger partial charge in [0.2, 0.25) is 0 Å². The summed E-state index contributed by atoms with van der Waals surface area (Å²) >= 11 is 1.83. The van der Waals surface area contributed by atoms with Gasteiger partial charge in [0.15, 0.2) is 0 Å². The van der Waals surface area contributed by atoms with Crippen molar-refractivity contribution in [1.82, 2.24) is 4.57 Å². The van der Waals surface area contributed by atoms with Crippen LogP contribution in [0.3, 0.4) is 0 Å². The first kappa shape index (κ1) is 30.3. The fourth-order valence-electron chi connectivity index (χ4n) is 7.55. The number of anilines is 3. The molecule has 0 N–H and O–H groups in total. The van der Waals surface area contributed by atoms with E-state index < -0.39 is 0 Å². The molecule has 0 aliphatic carbocycles. The minimum Gasteiger partial charge on any atom is -0.310 e. The maximum absolute atomic E-state index is 13.7. The number of rotatable bonds is 6. The standard InChI is InChI=1S/C48H31FN2S/c49-36-21-14-32(15-22-36)33-16-23-38(24-17-33)50(40-27-29-44-43-11-5-7-13-47(43)52-48(44)31-40)39-25-18-34(19-26-39)35-20-28-42-41-10-4-6-12-45(41)51(46(42)30-35)37-8-2-1-3-9-37/h1-31H. The molecule has 0 unspecified atom stereocenters. The summed E-state index contributed by atoms with van der Waals surface area (Å²) in [6.45, 7) is 0. The maximum atomic E-state index is 13.7. The van der Waals surface area contributed by atoms with E-state index in [1.807, 2.05) is 23.5 Å². The van der Waals surface area contributed by atoms with E-state index in [4.69, 9.17) is 0 Å². The molecular weight excluding hydrogens is 656 g/mol. The van der Waals surface area contributed by atoms with Crippen molar-refractivity contribution in [1.29, 1.82) is 0 Å². The van der Waals surface area contributed by atoms with Crippen LogP contribution < -0.4 is 4.90 Å². The Morgan fingerprint density at radius 2 is 0.904 bits per heavy atom. The number of hydrogen-bond acceptors (Lipinski definition) is 2. The molecule has 2 aromatic heterocycles. The summed E-state index contributed by atoms with van der Waals surface area (Å²) < 4.78 is 18.6. The Morgan fingerprint density at radius 3 is 1.63 bits per heavy atom. The van der Waals surface area contributed by atoms with E-state index in [0.29, 0.717) is 0 Å². The quantitative estimate of drug-likeness (QED) is 0.169. The van der Waals surface area contributed by atoms with Crippen LogP contribution >= 0.6 is 11.3 Å². The smallest absolute Gasteiger partial charge is 0.123 e. The zero-order valence-electron chi connectivity index (χ0n) is 28.1. The predicted molar refractivity (Wildman–Crippen MR) is 219 cm³/mol. The first-order valence-electron chi connectivity index (χ1n) is 17.4. The molecule has 0 aliphatic rings. The van der Waals surface area contributed by atoms with Gasteiger partial charge in [0.05, 0.1) is 11.0 Å². The van der Waals surface area contributed by atoms with Crippen LogP contribution in [0.2, 0.25) is 0 Å². The number of hydrogen-bond donors (Lipinski definition) is 0. The highest BCUT2D eigenvalue weighted by molar-refractivity contribution is 7.25. The van der Waals surface area contributed by atoms with Gasteiger partial charge in [0.25, 0.3) is 0 Å². The fourth-order valence-corrected chi connectivity index (χ4v) is 8.69. The molecule has 10 rings (SSSR count). The van der Waals surface area contributed by atoms with Crippen molar-refractivity contribution in [3.63, 3.8) is 0 Å². The van der Waals surface area contributed by atoms with Crippen LogP contribution in [0.4, 0.5) is 21.5 Å². The molecule has 0 saturated heterocycles. The number of aromatic nitrogens is 1. The molecule has 2 nitrogen and oxygen atoms in total. The molecule has 246 valence electrons. The first-order chi connectivity index (χ1) is 25.7. The average molecular weight is 687 g/mol. The summed E-state index contributed by atoms with van der Waals surface area (Å²) in [7, 11) is 0. The van der Waals surface area contributed by atoms with E-state index in [9.17, 15) is 4.39 Å². The topological polar surface area (TPSA) is 8.17 Å². The fraction of sp³-hybridized carbons (Fsp3) is 0. The molecule has 0 aliphatic heterocycles. The Labute approximate surface area is 304 Å². The molecular formula is C48H31FN2S. The molecule has 4 heteroatoms. The Hall–Kier alpha value is -6.49. The van der Waals surface area contributed by atoms with E-state index in [2.05, 4.69) is 173 Å². The molecule has 0 spiro atoms. The van der Waals surface area contributed by atoms with Gasteiger partial charge in [-0.25, -0.2) is 4.39 Å². The second kappa shape index (κ2) is 12.4. The van der Waals surface area contributed by atoms with E-state index in [1.54, 1.807) is 0 Å². The average Bonchev–Trinajstić information content (AvgIpc) is 3.74. The van der Waals surface area contributed by atoms with Gasteiger partial charge in [-0.1, -0.05) is 109 Å². The minimum absolute atomic E-state index is 0.231.